The van der Waals surface area contributed by atoms with Crippen LogP contribution in [0, 0.1) is 0 Å². The molecule has 9 aromatic rings. The predicted molar refractivity (Wildman–Crippen MR) is 195 cm³/mol. The molecule has 46 heavy (non-hydrogen) atoms. The molecule has 1 aliphatic rings. The molecule has 0 unspecified atom stereocenters. The monoisotopic (exact) mass is 602 g/mol. The molecular formula is C44H26OS. The van der Waals surface area contributed by atoms with Gasteiger partial charge in [0.15, 0.2) is 0 Å². The summed E-state index contributed by atoms with van der Waals surface area (Å²) in [7, 11) is 0. The van der Waals surface area contributed by atoms with Crippen molar-refractivity contribution in [2.24, 2.45) is 0 Å². The summed E-state index contributed by atoms with van der Waals surface area (Å²) in [5.74, 6) is 0. The Morgan fingerprint density at radius 3 is 2.02 bits per heavy atom. The average molecular weight is 603 g/mol. The average Bonchev–Trinajstić information content (AvgIpc) is 3.52. The van der Waals surface area contributed by atoms with Gasteiger partial charge in [-0.2, -0.15) is 0 Å². The molecule has 0 bridgehead atoms. The zero-order valence-corrected chi connectivity index (χ0v) is 25.6. The molecule has 2 heterocycles. The van der Waals surface area contributed by atoms with Gasteiger partial charge in [-0.1, -0.05) is 139 Å². The molecule has 0 atom stereocenters. The van der Waals surface area contributed by atoms with Gasteiger partial charge in [-0.25, -0.2) is 0 Å². The van der Waals surface area contributed by atoms with E-state index in [1.54, 1.807) is 0 Å². The fraction of sp³-hybridized carbons (Fsp3) is 0. The summed E-state index contributed by atoms with van der Waals surface area (Å²) in [5.41, 5.74) is 11.8. The fourth-order valence-corrected chi connectivity index (χ4v) is 8.50. The standard InChI is InChI=1S/C44H26OS/c1-2-11-33-28(8-1)22-24-39-44(33)43-34(13-7-16-38(43)45-39)29-20-18-27(19-21-29)30-9-5-10-31(26-30)32-23-25-41-42-36(32)14-6-15-37(42)35-12-3-4-17-40(35)46-41/h1-26H. The minimum Gasteiger partial charge on any atom is -0.456 e. The Labute approximate surface area is 270 Å². The number of hydrogen-bond acceptors (Lipinski definition) is 2. The van der Waals surface area contributed by atoms with Gasteiger partial charge in [-0.05, 0) is 91.0 Å². The van der Waals surface area contributed by atoms with Crippen LogP contribution in [-0.2, 0) is 0 Å². The van der Waals surface area contributed by atoms with Gasteiger partial charge < -0.3 is 4.42 Å². The molecule has 0 aliphatic carbocycles. The van der Waals surface area contributed by atoms with Gasteiger partial charge in [0.25, 0.3) is 0 Å². The Kier molecular flexibility index (Phi) is 5.58. The van der Waals surface area contributed by atoms with Crippen LogP contribution in [0.5, 0.6) is 0 Å². The molecule has 1 aromatic heterocycles. The Hall–Kier alpha value is -5.57. The third-order valence-electron chi connectivity index (χ3n) is 9.49. The van der Waals surface area contributed by atoms with Crippen molar-refractivity contribution in [1.82, 2.24) is 0 Å². The van der Waals surface area contributed by atoms with Crippen LogP contribution < -0.4 is 0 Å². The van der Waals surface area contributed by atoms with Gasteiger partial charge in [0.2, 0.25) is 0 Å². The second kappa shape index (κ2) is 9.97. The van der Waals surface area contributed by atoms with Crippen LogP contribution in [-0.4, -0.2) is 0 Å². The lowest BCUT2D eigenvalue weighted by molar-refractivity contribution is 0.669. The lowest BCUT2D eigenvalue weighted by Gasteiger charge is -2.21. The van der Waals surface area contributed by atoms with Crippen LogP contribution in [0.3, 0.4) is 0 Å². The van der Waals surface area contributed by atoms with Crippen LogP contribution >= 0.6 is 11.8 Å². The van der Waals surface area contributed by atoms with E-state index in [1.807, 2.05) is 11.8 Å². The maximum atomic E-state index is 6.34. The predicted octanol–water partition coefficient (Wildman–Crippen LogP) is 13.0. The topological polar surface area (TPSA) is 13.1 Å². The molecular weight excluding hydrogens is 577 g/mol. The first kappa shape index (κ1) is 25.7. The molecule has 8 aromatic carbocycles. The van der Waals surface area contributed by atoms with Crippen molar-refractivity contribution in [1.29, 1.82) is 0 Å². The number of furan rings is 1. The van der Waals surface area contributed by atoms with Gasteiger partial charge in [-0.3, -0.25) is 0 Å². The molecule has 10 rings (SSSR count). The molecule has 1 nitrogen and oxygen atoms in total. The van der Waals surface area contributed by atoms with Gasteiger partial charge in [0.05, 0.1) is 0 Å². The molecule has 0 spiro atoms. The highest BCUT2D eigenvalue weighted by molar-refractivity contribution is 7.99. The SMILES string of the molecule is c1cc(-c2ccc(-c3cccc4oc5ccc6ccccc6c5c34)cc2)cc(-c2ccc3c4c(cccc24)-c2ccccc2S3)c1. The van der Waals surface area contributed by atoms with Crippen LogP contribution in [0.25, 0.3) is 88.0 Å². The number of fused-ring (bicyclic) bond motifs is 7. The quantitative estimate of drug-likeness (QED) is 0.200. The largest absolute Gasteiger partial charge is 0.456 e. The highest BCUT2D eigenvalue weighted by atomic mass is 32.2. The summed E-state index contributed by atoms with van der Waals surface area (Å²) in [6, 6.07) is 57.2. The van der Waals surface area contributed by atoms with E-state index < -0.39 is 0 Å². The van der Waals surface area contributed by atoms with Crippen molar-refractivity contribution in [2.75, 3.05) is 0 Å². The number of benzene rings is 8. The summed E-state index contributed by atoms with van der Waals surface area (Å²) >= 11 is 1.87. The molecule has 0 N–H and O–H groups in total. The second-order valence-electron chi connectivity index (χ2n) is 12.0. The van der Waals surface area contributed by atoms with Crippen molar-refractivity contribution in [3.63, 3.8) is 0 Å². The minimum absolute atomic E-state index is 0.920. The second-order valence-corrected chi connectivity index (χ2v) is 13.1. The van der Waals surface area contributed by atoms with E-state index in [4.69, 9.17) is 4.42 Å². The van der Waals surface area contributed by atoms with Crippen LogP contribution in [0.1, 0.15) is 0 Å². The molecule has 1 aliphatic heterocycles. The van der Waals surface area contributed by atoms with E-state index in [2.05, 4.69) is 158 Å². The molecule has 0 saturated carbocycles. The van der Waals surface area contributed by atoms with Crippen LogP contribution in [0.4, 0.5) is 0 Å². The van der Waals surface area contributed by atoms with E-state index in [0.29, 0.717) is 0 Å². The van der Waals surface area contributed by atoms with Crippen molar-refractivity contribution in [3.8, 4) is 44.5 Å². The summed E-state index contributed by atoms with van der Waals surface area (Å²) < 4.78 is 6.34. The first-order chi connectivity index (χ1) is 22.8. The van der Waals surface area contributed by atoms with E-state index in [1.165, 1.54) is 86.6 Å². The van der Waals surface area contributed by atoms with Gasteiger partial charge in [0, 0.05) is 25.9 Å². The minimum atomic E-state index is 0.920. The van der Waals surface area contributed by atoms with E-state index in [0.717, 1.165) is 11.2 Å². The van der Waals surface area contributed by atoms with Crippen molar-refractivity contribution >= 4 is 55.2 Å². The molecule has 0 radical (unpaired) electrons. The Balaban J connectivity index is 1.06. The fourth-order valence-electron chi connectivity index (χ4n) is 7.37. The van der Waals surface area contributed by atoms with Gasteiger partial charge in [0.1, 0.15) is 11.2 Å². The third-order valence-corrected chi connectivity index (χ3v) is 10.6. The van der Waals surface area contributed by atoms with E-state index >= 15 is 0 Å². The normalized spacial score (nSPS) is 12.3. The maximum Gasteiger partial charge on any atom is 0.136 e. The first-order valence-corrected chi connectivity index (χ1v) is 16.5. The lowest BCUT2D eigenvalue weighted by atomic mass is 9.91. The zero-order valence-electron chi connectivity index (χ0n) is 24.8. The highest BCUT2D eigenvalue weighted by Crippen LogP contribution is 2.49. The summed E-state index contributed by atoms with van der Waals surface area (Å²) in [6.45, 7) is 0. The lowest BCUT2D eigenvalue weighted by Crippen LogP contribution is -1.94. The molecule has 0 fully saturated rings. The van der Waals surface area contributed by atoms with E-state index in [-0.39, 0.29) is 0 Å². The van der Waals surface area contributed by atoms with Crippen molar-refractivity contribution in [2.45, 2.75) is 9.79 Å². The smallest absolute Gasteiger partial charge is 0.136 e. The Morgan fingerprint density at radius 2 is 1.07 bits per heavy atom. The Morgan fingerprint density at radius 1 is 0.348 bits per heavy atom. The number of hydrogen-bond donors (Lipinski definition) is 0. The molecule has 0 amide bonds. The molecule has 0 saturated heterocycles. The summed E-state index contributed by atoms with van der Waals surface area (Å²) in [6.07, 6.45) is 0. The maximum absolute atomic E-state index is 6.34. The number of rotatable bonds is 3. The van der Waals surface area contributed by atoms with Crippen molar-refractivity contribution < 1.29 is 4.42 Å². The highest BCUT2D eigenvalue weighted by Gasteiger charge is 2.20. The van der Waals surface area contributed by atoms with E-state index in [9.17, 15) is 0 Å². The molecule has 2 heteroatoms. The van der Waals surface area contributed by atoms with Crippen LogP contribution in [0.15, 0.2) is 172 Å². The molecule has 214 valence electrons. The van der Waals surface area contributed by atoms with Gasteiger partial charge in [-0.15, -0.1) is 0 Å². The first-order valence-electron chi connectivity index (χ1n) is 15.7. The summed E-state index contributed by atoms with van der Waals surface area (Å²) in [4.78, 5) is 2.65. The zero-order chi connectivity index (χ0) is 30.2. The van der Waals surface area contributed by atoms with Crippen LogP contribution in [0.2, 0.25) is 0 Å². The van der Waals surface area contributed by atoms with Crippen molar-refractivity contribution in [3.05, 3.63) is 158 Å². The van der Waals surface area contributed by atoms with Gasteiger partial charge >= 0.3 is 0 Å². The Bertz CT molecular complexity index is 2660. The third kappa shape index (κ3) is 3.84. The summed E-state index contributed by atoms with van der Waals surface area (Å²) in [5, 5.41) is 7.46.